The monoisotopic (exact) mass is 187 g/mol. The van der Waals surface area contributed by atoms with Crippen LogP contribution >= 0.6 is 0 Å². The molecule has 0 aromatic rings. The number of carbonyl (C=O) groups is 1. The van der Waals surface area contributed by atoms with Gasteiger partial charge in [0.25, 0.3) is 0 Å². The zero-order valence-corrected chi connectivity index (χ0v) is 9.00. The Morgan fingerprint density at radius 3 is 2.31 bits per heavy atom. The molecule has 0 radical (unpaired) electrons. The predicted octanol–water partition coefficient (Wildman–Crippen LogP) is 0.631. The topological polar surface area (TPSA) is 58.4 Å². The number of amides is 2. The van der Waals surface area contributed by atoms with Gasteiger partial charge in [0.1, 0.15) is 0 Å². The van der Waals surface area contributed by atoms with Crippen molar-refractivity contribution in [1.29, 1.82) is 0 Å². The summed E-state index contributed by atoms with van der Waals surface area (Å²) in [4.78, 5) is 12.8. The Balaban J connectivity index is 3.90. The molecule has 0 rings (SSSR count). The highest BCUT2D eigenvalue weighted by atomic mass is 16.2. The van der Waals surface area contributed by atoms with Gasteiger partial charge >= 0.3 is 6.03 Å². The van der Waals surface area contributed by atoms with Crippen molar-refractivity contribution in [3.8, 4) is 0 Å². The molecule has 1 unspecified atom stereocenters. The summed E-state index contributed by atoms with van der Waals surface area (Å²) in [6.45, 7) is 4.73. The Morgan fingerprint density at radius 1 is 1.46 bits per heavy atom. The van der Waals surface area contributed by atoms with Gasteiger partial charge in [-0.3, -0.25) is 0 Å². The van der Waals surface area contributed by atoms with Crippen molar-refractivity contribution in [2.45, 2.75) is 26.3 Å². The lowest BCUT2D eigenvalue weighted by molar-refractivity contribution is 0.211. The first kappa shape index (κ1) is 12.2. The molecule has 13 heavy (non-hydrogen) atoms. The van der Waals surface area contributed by atoms with Crippen molar-refractivity contribution in [3.63, 3.8) is 0 Å². The van der Waals surface area contributed by atoms with Crippen molar-refractivity contribution < 1.29 is 4.79 Å². The molecule has 0 aliphatic carbocycles. The van der Waals surface area contributed by atoms with Gasteiger partial charge in [-0.15, -0.1) is 0 Å². The lowest BCUT2D eigenvalue weighted by Crippen LogP contribution is -2.45. The molecule has 0 bridgehead atoms. The second-order valence-corrected chi connectivity index (χ2v) is 3.91. The van der Waals surface area contributed by atoms with Gasteiger partial charge in [0.15, 0.2) is 0 Å². The molecular weight excluding hydrogens is 166 g/mol. The van der Waals surface area contributed by atoms with Gasteiger partial charge < -0.3 is 16.0 Å². The van der Waals surface area contributed by atoms with Crippen LogP contribution in [0, 0.1) is 5.92 Å². The van der Waals surface area contributed by atoms with Crippen LogP contribution in [0.2, 0.25) is 0 Å². The van der Waals surface area contributed by atoms with Crippen LogP contribution in [0.4, 0.5) is 4.79 Å². The number of urea groups is 1. The number of nitrogens with zero attached hydrogens (tertiary/aromatic N) is 1. The SMILES string of the molecule is CC(C)CC(CN)NC(=O)N(C)C. The van der Waals surface area contributed by atoms with Gasteiger partial charge in [0.05, 0.1) is 0 Å². The molecule has 3 N–H and O–H groups in total. The molecule has 0 aliphatic rings. The number of carbonyl (C=O) groups excluding carboxylic acids is 1. The van der Waals surface area contributed by atoms with E-state index in [2.05, 4.69) is 19.2 Å². The Kier molecular flexibility index (Phi) is 5.46. The molecule has 2 amide bonds. The van der Waals surface area contributed by atoms with E-state index in [0.717, 1.165) is 6.42 Å². The van der Waals surface area contributed by atoms with Crippen molar-refractivity contribution in [2.75, 3.05) is 20.6 Å². The smallest absolute Gasteiger partial charge is 0.317 e. The summed E-state index contributed by atoms with van der Waals surface area (Å²) >= 11 is 0. The molecule has 0 heterocycles. The van der Waals surface area contributed by atoms with Crippen molar-refractivity contribution in [1.82, 2.24) is 10.2 Å². The van der Waals surface area contributed by atoms with E-state index in [4.69, 9.17) is 5.73 Å². The van der Waals surface area contributed by atoms with Gasteiger partial charge in [-0.25, -0.2) is 4.79 Å². The Hall–Kier alpha value is -0.770. The largest absolute Gasteiger partial charge is 0.334 e. The maximum atomic E-state index is 11.3. The van der Waals surface area contributed by atoms with Gasteiger partial charge in [0, 0.05) is 26.7 Å². The fraction of sp³-hybridized carbons (Fsp3) is 0.889. The molecular formula is C9H21N3O. The van der Waals surface area contributed by atoms with E-state index in [1.165, 1.54) is 4.90 Å². The zero-order chi connectivity index (χ0) is 10.4. The van der Waals surface area contributed by atoms with Crippen LogP contribution in [0.15, 0.2) is 0 Å². The first-order chi connectivity index (χ1) is 5.97. The standard InChI is InChI=1S/C9H21N3O/c1-7(2)5-8(6-10)11-9(13)12(3)4/h7-8H,5-6,10H2,1-4H3,(H,11,13). The fourth-order valence-corrected chi connectivity index (χ4v) is 1.09. The van der Waals surface area contributed by atoms with E-state index in [-0.39, 0.29) is 12.1 Å². The third-order valence-corrected chi connectivity index (χ3v) is 1.77. The molecule has 1 atom stereocenters. The highest BCUT2D eigenvalue weighted by Gasteiger charge is 2.12. The summed E-state index contributed by atoms with van der Waals surface area (Å²) in [6, 6.07) is 0.0194. The van der Waals surface area contributed by atoms with E-state index in [1.54, 1.807) is 14.1 Å². The summed E-state index contributed by atoms with van der Waals surface area (Å²) < 4.78 is 0. The number of nitrogens with one attached hydrogen (secondary N) is 1. The molecule has 4 nitrogen and oxygen atoms in total. The van der Waals surface area contributed by atoms with Crippen LogP contribution < -0.4 is 11.1 Å². The Morgan fingerprint density at radius 2 is 2.00 bits per heavy atom. The average Bonchev–Trinajstić information content (AvgIpc) is 2.02. The number of hydrogen-bond donors (Lipinski definition) is 2. The van der Waals surface area contributed by atoms with E-state index in [9.17, 15) is 4.79 Å². The van der Waals surface area contributed by atoms with Crippen LogP contribution in [0.1, 0.15) is 20.3 Å². The minimum atomic E-state index is -0.0731. The summed E-state index contributed by atoms with van der Waals surface area (Å²) in [5.74, 6) is 0.552. The summed E-state index contributed by atoms with van der Waals surface area (Å²) in [7, 11) is 3.44. The minimum Gasteiger partial charge on any atom is -0.334 e. The van der Waals surface area contributed by atoms with E-state index in [0.29, 0.717) is 12.5 Å². The summed E-state index contributed by atoms with van der Waals surface area (Å²) in [5.41, 5.74) is 5.54. The van der Waals surface area contributed by atoms with Crippen molar-refractivity contribution in [3.05, 3.63) is 0 Å². The van der Waals surface area contributed by atoms with Gasteiger partial charge in [-0.2, -0.15) is 0 Å². The van der Waals surface area contributed by atoms with E-state index in [1.807, 2.05) is 0 Å². The number of nitrogens with two attached hydrogens (primary N) is 1. The second kappa shape index (κ2) is 5.80. The molecule has 78 valence electrons. The quantitative estimate of drug-likeness (QED) is 0.678. The maximum absolute atomic E-state index is 11.3. The lowest BCUT2D eigenvalue weighted by Gasteiger charge is -2.21. The number of hydrogen-bond acceptors (Lipinski definition) is 2. The van der Waals surface area contributed by atoms with Crippen LogP contribution in [0.25, 0.3) is 0 Å². The molecule has 0 saturated carbocycles. The van der Waals surface area contributed by atoms with Crippen LogP contribution in [0.5, 0.6) is 0 Å². The first-order valence-corrected chi connectivity index (χ1v) is 4.65. The Labute approximate surface area is 80.5 Å². The molecule has 0 saturated heterocycles. The molecule has 0 fully saturated rings. The van der Waals surface area contributed by atoms with Gasteiger partial charge in [-0.05, 0) is 12.3 Å². The summed E-state index contributed by atoms with van der Waals surface area (Å²) in [6.07, 6.45) is 0.927. The van der Waals surface area contributed by atoms with Gasteiger partial charge in [0.2, 0.25) is 0 Å². The first-order valence-electron chi connectivity index (χ1n) is 4.65. The molecule has 0 aromatic carbocycles. The molecule has 4 heteroatoms. The lowest BCUT2D eigenvalue weighted by atomic mass is 10.0. The molecule has 0 aromatic heterocycles. The number of rotatable bonds is 4. The van der Waals surface area contributed by atoms with Crippen molar-refractivity contribution in [2.24, 2.45) is 11.7 Å². The maximum Gasteiger partial charge on any atom is 0.317 e. The zero-order valence-electron chi connectivity index (χ0n) is 9.00. The highest BCUT2D eigenvalue weighted by Crippen LogP contribution is 2.03. The van der Waals surface area contributed by atoms with Gasteiger partial charge in [-0.1, -0.05) is 13.8 Å². The van der Waals surface area contributed by atoms with E-state index < -0.39 is 0 Å². The van der Waals surface area contributed by atoms with Crippen molar-refractivity contribution >= 4 is 6.03 Å². The third-order valence-electron chi connectivity index (χ3n) is 1.77. The normalized spacial score (nSPS) is 12.8. The molecule has 0 aliphatic heterocycles. The van der Waals surface area contributed by atoms with Crippen LogP contribution in [-0.4, -0.2) is 37.6 Å². The predicted molar refractivity (Wildman–Crippen MR) is 54.5 cm³/mol. The minimum absolute atomic E-state index is 0.0731. The van der Waals surface area contributed by atoms with Crippen LogP contribution in [-0.2, 0) is 0 Å². The highest BCUT2D eigenvalue weighted by molar-refractivity contribution is 5.73. The Bertz CT molecular complexity index is 157. The average molecular weight is 187 g/mol. The third kappa shape index (κ3) is 5.47. The summed E-state index contributed by atoms with van der Waals surface area (Å²) in [5, 5.41) is 2.86. The molecule has 0 spiro atoms. The van der Waals surface area contributed by atoms with Crippen LogP contribution in [0.3, 0.4) is 0 Å². The second-order valence-electron chi connectivity index (χ2n) is 3.91. The fourth-order valence-electron chi connectivity index (χ4n) is 1.09. The van der Waals surface area contributed by atoms with E-state index >= 15 is 0 Å².